The van der Waals surface area contributed by atoms with E-state index >= 15 is 0 Å². The Labute approximate surface area is 200 Å². The Morgan fingerprint density at radius 3 is 2.76 bits per heavy atom. The zero-order valence-corrected chi connectivity index (χ0v) is 19.9. The van der Waals surface area contributed by atoms with Crippen molar-refractivity contribution in [1.29, 1.82) is 0 Å². The number of amides is 2. The Balaban J connectivity index is 1.45. The normalized spacial score (nSPS) is 15.4. The van der Waals surface area contributed by atoms with E-state index in [1.165, 1.54) is 16.7 Å². The van der Waals surface area contributed by atoms with E-state index in [0.717, 1.165) is 15.6 Å². The summed E-state index contributed by atoms with van der Waals surface area (Å²) in [6, 6.07) is 13.9. The number of aromatic nitrogens is 1. The largest absolute Gasteiger partial charge is 0.452 e. The standard InChI is InChI=1S/C24H23N3O4S2/c1-15-11-22(28)26-19-8-4-5-9-20(19)27(15)23(29)12-31-24(30)18-7-3-6-10-21(18)33-14-17-13-32-16(2)25-17/h3-10,13,15H,11-12,14H2,1-2H3,(H,26,28). The van der Waals surface area contributed by atoms with Crippen LogP contribution in [0.15, 0.2) is 58.8 Å². The van der Waals surface area contributed by atoms with Gasteiger partial charge in [0.05, 0.1) is 27.6 Å². The summed E-state index contributed by atoms with van der Waals surface area (Å²) in [6.07, 6.45) is 0.157. The van der Waals surface area contributed by atoms with Crippen LogP contribution in [0, 0.1) is 6.92 Å². The van der Waals surface area contributed by atoms with E-state index in [2.05, 4.69) is 10.3 Å². The number of carbonyl (C=O) groups is 3. The highest BCUT2D eigenvalue weighted by atomic mass is 32.2. The van der Waals surface area contributed by atoms with Crippen molar-refractivity contribution in [1.82, 2.24) is 4.98 Å². The maximum atomic E-state index is 13.1. The molecule has 2 heterocycles. The van der Waals surface area contributed by atoms with Gasteiger partial charge in [0.2, 0.25) is 5.91 Å². The number of ether oxygens (including phenoxy) is 1. The van der Waals surface area contributed by atoms with Crippen molar-refractivity contribution < 1.29 is 19.1 Å². The number of benzene rings is 2. The number of para-hydroxylation sites is 2. The monoisotopic (exact) mass is 481 g/mol. The number of nitrogens with zero attached hydrogens (tertiary/aromatic N) is 2. The summed E-state index contributed by atoms with van der Waals surface area (Å²) < 4.78 is 5.41. The molecule has 0 fully saturated rings. The molecule has 9 heteroatoms. The second-order valence-electron chi connectivity index (χ2n) is 7.60. The summed E-state index contributed by atoms with van der Waals surface area (Å²) in [5.41, 5.74) is 2.51. The van der Waals surface area contributed by atoms with E-state index in [4.69, 9.17) is 4.74 Å². The fourth-order valence-corrected chi connectivity index (χ4v) is 5.28. The molecule has 2 amide bonds. The lowest BCUT2D eigenvalue weighted by atomic mass is 10.1. The first kappa shape index (κ1) is 23.0. The fraction of sp³-hybridized carbons (Fsp3) is 0.250. The SMILES string of the molecule is Cc1nc(CSc2ccccc2C(=O)OCC(=O)N2c3ccccc3NC(=O)CC2C)cs1. The molecule has 0 spiro atoms. The van der Waals surface area contributed by atoms with Crippen molar-refractivity contribution in [2.45, 2.75) is 37.0 Å². The molecule has 0 radical (unpaired) electrons. The second-order valence-corrected chi connectivity index (χ2v) is 9.68. The van der Waals surface area contributed by atoms with E-state index < -0.39 is 12.6 Å². The number of thioether (sulfide) groups is 1. The summed E-state index contributed by atoms with van der Waals surface area (Å²) in [5.74, 6) is -0.478. The molecule has 1 atom stereocenters. The molecule has 1 aromatic heterocycles. The number of aryl methyl sites for hydroxylation is 1. The first-order chi connectivity index (χ1) is 15.9. The van der Waals surface area contributed by atoms with Crippen LogP contribution in [0.4, 0.5) is 11.4 Å². The summed E-state index contributed by atoms with van der Waals surface area (Å²) in [6.45, 7) is 3.33. The van der Waals surface area contributed by atoms with Gasteiger partial charge in [-0.2, -0.15) is 0 Å². The lowest BCUT2D eigenvalue weighted by molar-refractivity contribution is -0.122. The van der Waals surface area contributed by atoms with Crippen molar-refractivity contribution in [3.63, 3.8) is 0 Å². The predicted molar refractivity (Wildman–Crippen MR) is 130 cm³/mol. The molecule has 7 nitrogen and oxygen atoms in total. The number of nitrogens with one attached hydrogen (secondary N) is 1. The topological polar surface area (TPSA) is 88.6 Å². The Hall–Kier alpha value is -3.17. The van der Waals surface area contributed by atoms with E-state index in [9.17, 15) is 14.4 Å². The number of fused-ring (bicyclic) bond motifs is 1. The molecular weight excluding hydrogens is 458 g/mol. The van der Waals surface area contributed by atoms with Crippen LogP contribution in [0.3, 0.4) is 0 Å². The molecule has 2 aromatic carbocycles. The lowest BCUT2D eigenvalue weighted by Crippen LogP contribution is -2.41. The summed E-state index contributed by atoms with van der Waals surface area (Å²) in [4.78, 5) is 44.8. The van der Waals surface area contributed by atoms with Crippen molar-refractivity contribution in [3.05, 3.63) is 70.2 Å². The maximum Gasteiger partial charge on any atom is 0.339 e. The van der Waals surface area contributed by atoms with Crippen LogP contribution in [-0.2, 0) is 20.1 Å². The smallest absolute Gasteiger partial charge is 0.339 e. The summed E-state index contributed by atoms with van der Waals surface area (Å²) >= 11 is 3.09. The van der Waals surface area contributed by atoms with Gasteiger partial charge in [-0.05, 0) is 38.1 Å². The van der Waals surface area contributed by atoms with Gasteiger partial charge in [-0.1, -0.05) is 24.3 Å². The number of rotatable bonds is 6. The third-order valence-corrected chi connectivity index (χ3v) is 7.03. The number of anilines is 2. The van der Waals surface area contributed by atoms with Crippen LogP contribution in [0.1, 0.15) is 34.4 Å². The first-order valence-corrected chi connectivity index (χ1v) is 12.3. The van der Waals surface area contributed by atoms with Crippen molar-refractivity contribution in [2.24, 2.45) is 0 Å². The van der Waals surface area contributed by atoms with Crippen molar-refractivity contribution >= 4 is 52.3 Å². The zero-order valence-electron chi connectivity index (χ0n) is 18.2. The number of carbonyl (C=O) groups excluding carboxylic acids is 3. The Bertz CT molecular complexity index is 1190. The summed E-state index contributed by atoms with van der Waals surface area (Å²) in [5, 5.41) is 5.82. The molecule has 1 aliphatic rings. The first-order valence-electron chi connectivity index (χ1n) is 10.4. The van der Waals surface area contributed by atoms with Gasteiger partial charge in [0, 0.05) is 28.5 Å². The van der Waals surface area contributed by atoms with Crippen molar-refractivity contribution in [3.8, 4) is 0 Å². The van der Waals surface area contributed by atoms with Crippen LogP contribution >= 0.6 is 23.1 Å². The van der Waals surface area contributed by atoms with Gasteiger partial charge in [0.15, 0.2) is 6.61 Å². The van der Waals surface area contributed by atoms with Crippen LogP contribution < -0.4 is 10.2 Å². The van der Waals surface area contributed by atoms with Gasteiger partial charge in [-0.15, -0.1) is 23.1 Å². The molecule has 0 aliphatic carbocycles. The minimum atomic E-state index is -0.564. The molecule has 4 rings (SSSR count). The second kappa shape index (κ2) is 10.2. The molecule has 1 unspecified atom stereocenters. The van der Waals surface area contributed by atoms with E-state index in [1.54, 1.807) is 54.7 Å². The van der Waals surface area contributed by atoms with Gasteiger partial charge < -0.3 is 15.0 Å². The summed E-state index contributed by atoms with van der Waals surface area (Å²) in [7, 11) is 0. The molecule has 0 saturated heterocycles. The number of hydrogen-bond donors (Lipinski definition) is 1. The Kier molecular flexibility index (Phi) is 7.10. The van der Waals surface area contributed by atoms with Crippen LogP contribution in [0.5, 0.6) is 0 Å². The average molecular weight is 482 g/mol. The third-order valence-electron chi connectivity index (χ3n) is 5.10. The molecule has 3 aromatic rings. The predicted octanol–water partition coefficient (Wildman–Crippen LogP) is 4.66. The quantitative estimate of drug-likeness (QED) is 0.407. The molecular formula is C24H23N3O4S2. The number of thiazole rings is 1. The Morgan fingerprint density at radius 2 is 1.97 bits per heavy atom. The third kappa shape index (κ3) is 5.43. The van der Waals surface area contributed by atoms with Crippen LogP contribution in [-0.4, -0.2) is 35.4 Å². The van der Waals surface area contributed by atoms with Crippen LogP contribution in [0.2, 0.25) is 0 Å². The number of esters is 1. The maximum absolute atomic E-state index is 13.1. The Morgan fingerprint density at radius 1 is 1.21 bits per heavy atom. The highest BCUT2D eigenvalue weighted by Crippen LogP contribution is 2.31. The molecule has 33 heavy (non-hydrogen) atoms. The van der Waals surface area contributed by atoms with E-state index in [0.29, 0.717) is 22.7 Å². The fourth-order valence-electron chi connectivity index (χ4n) is 3.63. The van der Waals surface area contributed by atoms with E-state index in [1.807, 2.05) is 24.4 Å². The molecule has 1 aliphatic heterocycles. The highest BCUT2D eigenvalue weighted by molar-refractivity contribution is 7.98. The molecule has 1 N–H and O–H groups in total. The average Bonchev–Trinajstić information content (AvgIpc) is 3.16. The minimum absolute atomic E-state index is 0.157. The van der Waals surface area contributed by atoms with Gasteiger partial charge in [-0.3, -0.25) is 9.59 Å². The van der Waals surface area contributed by atoms with Gasteiger partial charge in [-0.25, -0.2) is 9.78 Å². The minimum Gasteiger partial charge on any atom is -0.452 e. The lowest BCUT2D eigenvalue weighted by Gasteiger charge is -2.27. The van der Waals surface area contributed by atoms with Gasteiger partial charge in [0.25, 0.3) is 5.91 Å². The number of hydrogen-bond acceptors (Lipinski definition) is 7. The van der Waals surface area contributed by atoms with E-state index in [-0.39, 0.29) is 24.3 Å². The molecule has 0 saturated carbocycles. The molecule has 170 valence electrons. The van der Waals surface area contributed by atoms with Gasteiger partial charge in [0.1, 0.15) is 0 Å². The highest BCUT2D eigenvalue weighted by Gasteiger charge is 2.30. The molecule has 0 bridgehead atoms. The zero-order chi connectivity index (χ0) is 23.4. The van der Waals surface area contributed by atoms with Crippen molar-refractivity contribution in [2.75, 3.05) is 16.8 Å². The van der Waals surface area contributed by atoms with Gasteiger partial charge >= 0.3 is 5.97 Å². The van der Waals surface area contributed by atoms with Crippen LogP contribution in [0.25, 0.3) is 0 Å².